The van der Waals surface area contributed by atoms with Gasteiger partial charge in [0.25, 0.3) is 0 Å². The van der Waals surface area contributed by atoms with E-state index in [9.17, 15) is 33.8 Å². The highest BCUT2D eigenvalue weighted by atomic mass is 19.1. The molecule has 0 bridgehead atoms. The molecule has 1 fully saturated rings. The van der Waals surface area contributed by atoms with E-state index in [2.05, 4.69) is 9.98 Å². The largest absolute Gasteiger partial charge is 0.462 e. The van der Waals surface area contributed by atoms with Crippen molar-refractivity contribution in [2.45, 2.75) is 63.3 Å². The van der Waals surface area contributed by atoms with Gasteiger partial charge in [-0.2, -0.15) is 4.98 Å². The van der Waals surface area contributed by atoms with Gasteiger partial charge >= 0.3 is 23.7 Å². The first-order chi connectivity index (χ1) is 19.3. The van der Waals surface area contributed by atoms with E-state index >= 15 is 0 Å². The zero-order valence-corrected chi connectivity index (χ0v) is 22.0. The first kappa shape index (κ1) is 32.8. The fourth-order valence-corrected chi connectivity index (χ4v) is 3.39. The highest BCUT2D eigenvalue weighted by molar-refractivity contribution is 5.83. The summed E-state index contributed by atoms with van der Waals surface area (Å²) < 4.78 is 35.6. The molecule has 228 valence electrons. The van der Waals surface area contributed by atoms with Crippen molar-refractivity contribution in [3.8, 4) is 0 Å². The standard InChI is InChI=1S/C22H33FN8O10/c1-10-16(34)17(35)19(40-10)31-7-12(23)18(29-21(31)36)30-22(37)39-9-11(41-15(33)4-2-3-13(24)25)8-38-14(32)5-6-28-20(26)27/h7,10-11,16-17,19,34-35H,2-6,8-9H2,1H3,(H3,24,25)(H4,26,27,28)(H,29,30,36,37)/t10-,11?,16-,17-,19-/m1/s1. The maximum absolute atomic E-state index is 14.6. The van der Waals surface area contributed by atoms with Crippen molar-refractivity contribution in [1.82, 2.24) is 9.55 Å². The minimum Gasteiger partial charge on any atom is -0.462 e. The SMILES string of the molecule is C[C@H]1O[C@@H](n2cc(F)c(NC(=O)OCC(COC(=O)CCN=C(N)N)OC(=O)CCCC(=N)N)nc2=O)[C@H](O)[C@@H]1O. The number of hydrogen-bond acceptors (Lipinski definition) is 13. The normalized spacial score (nSPS) is 20.5. The molecule has 1 unspecified atom stereocenters. The number of amides is 1. The summed E-state index contributed by atoms with van der Waals surface area (Å²) in [5, 5.41) is 29.0. The van der Waals surface area contributed by atoms with Gasteiger partial charge in [-0.1, -0.05) is 0 Å². The Bertz CT molecular complexity index is 1190. The van der Waals surface area contributed by atoms with Crippen LogP contribution in [0, 0.1) is 11.2 Å². The lowest BCUT2D eigenvalue weighted by Gasteiger charge is -2.19. The number of rotatable bonds is 14. The number of hydrogen-bond donors (Lipinski definition) is 7. The van der Waals surface area contributed by atoms with E-state index in [0.29, 0.717) is 10.8 Å². The lowest BCUT2D eigenvalue weighted by molar-refractivity contribution is -0.161. The van der Waals surface area contributed by atoms with E-state index in [0.717, 1.165) is 0 Å². The Morgan fingerprint density at radius 2 is 1.85 bits per heavy atom. The molecule has 19 heteroatoms. The lowest BCUT2D eigenvalue weighted by Crippen LogP contribution is -2.36. The molecule has 2 rings (SSSR count). The molecule has 1 aromatic heterocycles. The van der Waals surface area contributed by atoms with Gasteiger partial charge < -0.3 is 46.4 Å². The molecule has 2 heterocycles. The molecule has 0 aromatic carbocycles. The number of carbonyl (C=O) groups is 3. The maximum Gasteiger partial charge on any atom is 0.413 e. The molecule has 10 N–H and O–H groups in total. The van der Waals surface area contributed by atoms with Crippen molar-refractivity contribution >= 4 is 35.6 Å². The summed E-state index contributed by atoms with van der Waals surface area (Å²) >= 11 is 0. The molecule has 1 aliphatic heterocycles. The van der Waals surface area contributed by atoms with E-state index < -0.39 is 79.2 Å². The number of aliphatic hydroxyl groups is 2. The van der Waals surface area contributed by atoms with Crippen LogP contribution in [0.1, 0.15) is 38.8 Å². The van der Waals surface area contributed by atoms with Gasteiger partial charge in [0.15, 0.2) is 29.9 Å². The molecule has 0 spiro atoms. The third-order valence-corrected chi connectivity index (χ3v) is 5.44. The van der Waals surface area contributed by atoms with Crippen molar-refractivity contribution in [2.75, 3.05) is 25.1 Å². The van der Waals surface area contributed by atoms with Crippen LogP contribution in [-0.4, -0.2) is 93.8 Å². The van der Waals surface area contributed by atoms with Crippen LogP contribution >= 0.6 is 0 Å². The number of amidine groups is 1. The monoisotopic (exact) mass is 588 g/mol. The van der Waals surface area contributed by atoms with Crippen molar-refractivity contribution in [3.05, 3.63) is 22.5 Å². The average molecular weight is 589 g/mol. The summed E-state index contributed by atoms with van der Waals surface area (Å²) in [6, 6.07) is 0. The topological polar surface area (TPSA) is 290 Å². The molecule has 1 aliphatic rings. The van der Waals surface area contributed by atoms with Gasteiger partial charge in [-0.3, -0.25) is 29.9 Å². The summed E-state index contributed by atoms with van der Waals surface area (Å²) in [6.45, 7) is 0.211. The number of nitrogens with zero attached hydrogens (tertiary/aromatic N) is 3. The number of nitrogens with one attached hydrogen (secondary N) is 2. The molecule has 18 nitrogen and oxygen atoms in total. The Kier molecular flexibility index (Phi) is 12.4. The molecule has 1 saturated heterocycles. The van der Waals surface area contributed by atoms with Gasteiger partial charge in [-0.05, 0) is 13.3 Å². The number of esters is 2. The van der Waals surface area contributed by atoms with Gasteiger partial charge in [0, 0.05) is 12.8 Å². The highest BCUT2D eigenvalue weighted by Gasteiger charge is 2.42. The van der Waals surface area contributed by atoms with E-state index in [1.165, 1.54) is 6.92 Å². The van der Waals surface area contributed by atoms with Crippen LogP contribution in [0.2, 0.25) is 0 Å². The fraction of sp³-hybridized carbons (Fsp3) is 0.591. The number of aromatic nitrogens is 2. The molecule has 1 amide bonds. The van der Waals surface area contributed by atoms with Crippen molar-refractivity contribution in [2.24, 2.45) is 22.2 Å². The molecular weight excluding hydrogens is 555 g/mol. The maximum atomic E-state index is 14.6. The summed E-state index contributed by atoms with van der Waals surface area (Å²) in [5.74, 6) is -3.88. The average Bonchev–Trinajstić information content (AvgIpc) is 3.14. The van der Waals surface area contributed by atoms with Gasteiger partial charge in [0.05, 0.1) is 31.1 Å². The number of aliphatic imine (C=N–C) groups is 1. The van der Waals surface area contributed by atoms with E-state index in [4.69, 9.17) is 41.6 Å². The van der Waals surface area contributed by atoms with Gasteiger partial charge in [-0.15, -0.1) is 0 Å². The number of halogens is 1. The number of nitrogens with two attached hydrogens (primary N) is 3. The predicted molar refractivity (Wildman–Crippen MR) is 137 cm³/mol. The zero-order chi connectivity index (χ0) is 30.7. The minimum absolute atomic E-state index is 0.0572. The summed E-state index contributed by atoms with van der Waals surface area (Å²) in [5.41, 5.74) is 14.5. The minimum atomic E-state index is -1.53. The third-order valence-electron chi connectivity index (χ3n) is 5.44. The van der Waals surface area contributed by atoms with Crippen molar-refractivity contribution in [3.63, 3.8) is 0 Å². The van der Waals surface area contributed by atoms with Gasteiger partial charge in [0.1, 0.15) is 25.4 Å². The lowest BCUT2D eigenvalue weighted by atomic mass is 10.1. The Hall–Kier alpha value is -4.36. The molecular formula is C22H33FN8O10. The Morgan fingerprint density at radius 3 is 2.46 bits per heavy atom. The molecule has 1 aromatic rings. The van der Waals surface area contributed by atoms with Crippen LogP contribution in [0.3, 0.4) is 0 Å². The number of ether oxygens (including phenoxy) is 4. The third kappa shape index (κ3) is 10.6. The summed E-state index contributed by atoms with van der Waals surface area (Å²) in [6.07, 6.45) is -7.06. The first-order valence-electron chi connectivity index (χ1n) is 12.3. The molecule has 5 atom stereocenters. The van der Waals surface area contributed by atoms with Crippen LogP contribution in [0.5, 0.6) is 0 Å². The van der Waals surface area contributed by atoms with E-state index in [-0.39, 0.29) is 44.0 Å². The number of aliphatic hydroxyl groups excluding tert-OH is 2. The quantitative estimate of drug-likeness (QED) is 0.0525. The molecule has 0 radical (unpaired) electrons. The predicted octanol–water partition coefficient (Wildman–Crippen LogP) is -2.21. The Labute approximate surface area is 232 Å². The number of guanidine groups is 1. The van der Waals surface area contributed by atoms with Crippen molar-refractivity contribution < 1.29 is 47.9 Å². The summed E-state index contributed by atoms with van der Waals surface area (Å²) in [7, 11) is 0. The van der Waals surface area contributed by atoms with E-state index in [1.807, 2.05) is 5.32 Å². The van der Waals surface area contributed by atoms with Crippen LogP contribution in [0.4, 0.5) is 15.0 Å². The van der Waals surface area contributed by atoms with Crippen molar-refractivity contribution in [1.29, 1.82) is 5.41 Å². The smallest absolute Gasteiger partial charge is 0.413 e. The molecule has 0 aliphatic carbocycles. The Balaban J connectivity index is 2.00. The first-order valence-corrected chi connectivity index (χ1v) is 12.3. The Morgan fingerprint density at radius 1 is 1.17 bits per heavy atom. The van der Waals surface area contributed by atoms with Crippen LogP contribution in [0.15, 0.2) is 16.0 Å². The molecule has 41 heavy (non-hydrogen) atoms. The van der Waals surface area contributed by atoms with Gasteiger partial charge in [0.2, 0.25) is 0 Å². The number of carbonyl (C=O) groups excluding carboxylic acids is 3. The van der Waals surface area contributed by atoms with Crippen LogP contribution in [0.25, 0.3) is 0 Å². The van der Waals surface area contributed by atoms with Crippen LogP contribution in [-0.2, 0) is 28.5 Å². The highest BCUT2D eigenvalue weighted by Crippen LogP contribution is 2.28. The number of anilines is 1. The second kappa shape index (κ2) is 15.4. The fourth-order valence-electron chi connectivity index (χ4n) is 3.39. The summed E-state index contributed by atoms with van der Waals surface area (Å²) in [4.78, 5) is 55.7. The zero-order valence-electron chi connectivity index (χ0n) is 22.0. The van der Waals surface area contributed by atoms with Crippen LogP contribution < -0.4 is 28.2 Å². The van der Waals surface area contributed by atoms with Gasteiger partial charge in [-0.25, -0.2) is 14.0 Å². The van der Waals surface area contributed by atoms with E-state index in [1.54, 1.807) is 0 Å². The second-order valence-electron chi connectivity index (χ2n) is 8.79. The second-order valence-corrected chi connectivity index (χ2v) is 8.79. The molecule has 0 saturated carbocycles.